The van der Waals surface area contributed by atoms with Crippen molar-refractivity contribution in [3.8, 4) is 11.1 Å². The van der Waals surface area contributed by atoms with Crippen molar-refractivity contribution in [3.63, 3.8) is 0 Å². The first-order valence-electron chi connectivity index (χ1n) is 10.2. The molecule has 0 spiro atoms. The summed E-state index contributed by atoms with van der Waals surface area (Å²) in [6, 6.07) is 6.21. The fourth-order valence-electron chi connectivity index (χ4n) is 4.96. The van der Waals surface area contributed by atoms with Gasteiger partial charge in [-0.25, -0.2) is 0 Å². The predicted octanol–water partition coefficient (Wildman–Crippen LogP) is 3.43. The van der Waals surface area contributed by atoms with E-state index in [1.807, 2.05) is 30.9 Å². The van der Waals surface area contributed by atoms with Gasteiger partial charge in [0.2, 0.25) is 0 Å². The zero-order valence-electron chi connectivity index (χ0n) is 16.9. The SMILES string of the molecule is CCO/N=C/c1ccc2[nH]c3c4c(c5c(c3c2c1)CNC5=O)-c1cn(C)nc1CC4. The molecule has 7 nitrogen and oxygen atoms in total. The Hall–Kier alpha value is -3.61. The summed E-state index contributed by atoms with van der Waals surface area (Å²) < 4.78 is 1.85. The smallest absolute Gasteiger partial charge is 0.252 e. The summed E-state index contributed by atoms with van der Waals surface area (Å²) >= 11 is 0. The summed E-state index contributed by atoms with van der Waals surface area (Å²) in [7, 11) is 1.94. The van der Waals surface area contributed by atoms with Crippen molar-refractivity contribution in [3.05, 3.63) is 52.3 Å². The Morgan fingerprint density at radius 3 is 3.03 bits per heavy atom. The van der Waals surface area contributed by atoms with Crippen LogP contribution in [0.3, 0.4) is 0 Å². The molecule has 3 heterocycles. The predicted molar refractivity (Wildman–Crippen MR) is 116 cm³/mol. The highest BCUT2D eigenvalue weighted by atomic mass is 16.6. The lowest BCUT2D eigenvalue weighted by molar-refractivity contribution is 0.0966. The molecule has 6 rings (SSSR count). The molecule has 2 aromatic heterocycles. The highest BCUT2D eigenvalue weighted by Crippen LogP contribution is 2.45. The number of amides is 1. The van der Waals surface area contributed by atoms with E-state index < -0.39 is 0 Å². The molecular formula is C23H21N5O2. The van der Waals surface area contributed by atoms with Crippen molar-refractivity contribution >= 4 is 33.9 Å². The second kappa shape index (κ2) is 6.19. The van der Waals surface area contributed by atoms with Gasteiger partial charge >= 0.3 is 0 Å². The largest absolute Gasteiger partial charge is 0.396 e. The first-order chi connectivity index (χ1) is 14.7. The first kappa shape index (κ1) is 17.3. The van der Waals surface area contributed by atoms with Crippen LogP contribution in [0.25, 0.3) is 32.9 Å². The Kier molecular flexibility index (Phi) is 3.56. The van der Waals surface area contributed by atoms with Gasteiger partial charge in [0.1, 0.15) is 6.61 Å². The Morgan fingerprint density at radius 1 is 1.27 bits per heavy atom. The van der Waals surface area contributed by atoms with Crippen LogP contribution >= 0.6 is 0 Å². The van der Waals surface area contributed by atoms with Gasteiger partial charge in [0, 0.05) is 47.2 Å². The van der Waals surface area contributed by atoms with Crippen LogP contribution < -0.4 is 5.32 Å². The zero-order chi connectivity index (χ0) is 20.4. The number of carbonyl (C=O) groups is 1. The summed E-state index contributed by atoms with van der Waals surface area (Å²) in [5, 5.41) is 13.9. The van der Waals surface area contributed by atoms with Crippen LogP contribution in [0.4, 0.5) is 0 Å². The second-order valence-electron chi connectivity index (χ2n) is 7.89. The van der Waals surface area contributed by atoms with Crippen LogP contribution in [0.1, 0.15) is 39.7 Å². The van der Waals surface area contributed by atoms with Crippen LogP contribution in [0.2, 0.25) is 0 Å². The molecule has 0 atom stereocenters. The minimum absolute atomic E-state index is 0.00302. The fourth-order valence-corrected chi connectivity index (χ4v) is 4.96. The Morgan fingerprint density at radius 2 is 2.17 bits per heavy atom. The third-order valence-corrected chi connectivity index (χ3v) is 6.12. The molecule has 1 amide bonds. The Bertz CT molecular complexity index is 1390. The maximum Gasteiger partial charge on any atom is 0.252 e. The van der Waals surface area contributed by atoms with E-state index in [-0.39, 0.29) is 5.91 Å². The molecule has 4 aromatic rings. The maximum absolute atomic E-state index is 12.9. The maximum atomic E-state index is 12.9. The van der Waals surface area contributed by atoms with Gasteiger partial charge in [0.15, 0.2) is 0 Å². The summed E-state index contributed by atoms with van der Waals surface area (Å²) in [6.07, 6.45) is 5.50. The van der Waals surface area contributed by atoms with Gasteiger partial charge in [-0.2, -0.15) is 5.10 Å². The van der Waals surface area contributed by atoms with Gasteiger partial charge < -0.3 is 15.1 Å². The molecule has 0 unspecified atom stereocenters. The van der Waals surface area contributed by atoms with Crippen LogP contribution in [0.5, 0.6) is 0 Å². The lowest BCUT2D eigenvalue weighted by Crippen LogP contribution is -2.15. The van der Waals surface area contributed by atoms with Crippen molar-refractivity contribution in [1.29, 1.82) is 0 Å². The van der Waals surface area contributed by atoms with Crippen LogP contribution in [0.15, 0.2) is 29.6 Å². The molecule has 2 N–H and O–H groups in total. The lowest BCUT2D eigenvalue weighted by Gasteiger charge is -2.19. The average molecular weight is 399 g/mol. The van der Waals surface area contributed by atoms with Gasteiger partial charge in [0.25, 0.3) is 5.91 Å². The minimum Gasteiger partial charge on any atom is -0.396 e. The number of benzene rings is 2. The number of aromatic nitrogens is 3. The summed E-state index contributed by atoms with van der Waals surface area (Å²) in [5.74, 6) is 0.00302. The standard InChI is InChI=1S/C23H21N5O2/c1-3-30-25-9-12-4-6-17-14(8-12)20-15-10-24-23(29)21(15)19-13(22(20)26-17)5-7-18-16(19)11-28(2)27-18/h4,6,8-9,11,26H,3,5,7,10H2,1-2H3,(H,24,29)/b25-9+. The van der Waals surface area contributed by atoms with Crippen molar-refractivity contribution in [2.45, 2.75) is 26.3 Å². The van der Waals surface area contributed by atoms with Gasteiger partial charge in [-0.05, 0) is 48.6 Å². The summed E-state index contributed by atoms with van der Waals surface area (Å²) in [5.41, 5.74) is 9.43. The molecule has 2 aliphatic rings. The van der Waals surface area contributed by atoms with Crippen molar-refractivity contribution in [2.24, 2.45) is 12.2 Å². The number of hydrogen-bond acceptors (Lipinski definition) is 4. The number of nitrogens with one attached hydrogen (secondary N) is 2. The van der Waals surface area contributed by atoms with E-state index >= 15 is 0 Å². The van der Waals surface area contributed by atoms with Crippen LogP contribution in [-0.4, -0.2) is 33.5 Å². The average Bonchev–Trinajstić information content (AvgIpc) is 3.41. The van der Waals surface area contributed by atoms with Crippen LogP contribution in [0, 0.1) is 0 Å². The number of H-pyrrole nitrogens is 1. The molecule has 0 fully saturated rings. The molecule has 0 bridgehead atoms. The van der Waals surface area contributed by atoms with Crippen molar-refractivity contribution < 1.29 is 9.63 Å². The third-order valence-electron chi connectivity index (χ3n) is 6.12. The molecule has 7 heteroatoms. The number of aryl methyl sites for hydroxylation is 3. The molecule has 2 aromatic carbocycles. The molecular weight excluding hydrogens is 378 g/mol. The monoisotopic (exact) mass is 399 g/mol. The second-order valence-corrected chi connectivity index (χ2v) is 7.89. The summed E-state index contributed by atoms with van der Waals surface area (Å²) in [6.45, 7) is 2.98. The van der Waals surface area contributed by atoms with E-state index in [4.69, 9.17) is 4.84 Å². The first-order valence-corrected chi connectivity index (χ1v) is 10.2. The van der Waals surface area contributed by atoms with E-state index in [9.17, 15) is 4.79 Å². The molecule has 30 heavy (non-hydrogen) atoms. The topological polar surface area (TPSA) is 84.3 Å². The van der Waals surface area contributed by atoms with Gasteiger partial charge in [-0.1, -0.05) is 11.2 Å². The Balaban J connectivity index is 1.69. The third kappa shape index (κ3) is 2.29. The zero-order valence-corrected chi connectivity index (χ0v) is 16.9. The van der Waals surface area contributed by atoms with E-state index in [2.05, 4.69) is 32.7 Å². The molecule has 1 aliphatic heterocycles. The van der Waals surface area contributed by atoms with E-state index in [0.717, 1.165) is 68.2 Å². The fraction of sp³-hybridized carbons (Fsp3) is 0.261. The quantitative estimate of drug-likeness (QED) is 0.409. The van der Waals surface area contributed by atoms with Crippen molar-refractivity contribution in [2.75, 3.05) is 6.61 Å². The number of hydrogen-bond donors (Lipinski definition) is 2. The number of rotatable bonds is 3. The van der Waals surface area contributed by atoms with E-state index in [1.54, 1.807) is 6.21 Å². The molecule has 0 saturated heterocycles. The number of aromatic amines is 1. The highest BCUT2D eigenvalue weighted by molar-refractivity contribution is 6.19. The number of fused-ring (bicyclic) bond motifs is 10. The molecule has 0 saturated carbocycles. The number of carbonyl (C=O) groups excluding carboxylic acids is 1. The number of oxime groups is 1. The number of nitrogens with zero attached hydrogens (tertiary/aromatic N) is 3. The molecule has 1 aliphatic carbocycles. The van der Waals surface area contributed by atoms with Crippen LogP contribution in [-0.2, 0) is 31.3 Å². The molecule has 150 valence electrons. The normalized spacial score (nSPS) is 14.9. The van der Waals surface area contributed by atoms with Gasteiger partial charge in [-0.3, -0.25) is 9.48 Å². The minimum atomic E-state index is 0.00302. The van der Waals surface area contributed by atoms with E-state index in [1.165, 1.54) is 5.56 Å². The Labute approximate surface area is 172 Å². The van der Waals surface area contributed by atoms with Gasteiger partial charge in [0.05, 0.1) is 23.0 Å². The summed E-state index contributed by atoms with van der Waals surface area (Å²) in [4.78, 5) is 21.7. The van der Waals surface area contributed by atoms with E-state index in [0.29, 0.717) is 13.2 Å². The molecule has 0 radical (unpaired) electrons. The van der Waals surface area contributed by atoms with Gasteiger partial charge in [-0.15, -0.1) is 0 Å². The van der Waals surface area contributed by atoms with Crippen molar-refractivity contribution in [1.82, 2.24) is 20.1 Å². The lowest BCUT2D eigenvalue weighted by atomic mass is 9.83. The highest BCUT2D eigenvalue weighted by Gasteiger charge is 2.34.